The topological polar surface area (TPSA) is 70.5 Å². The standard InChI is InChI=1S/C19H17FN2O3/c1-2-15(23)16-17(13-7-9-21-10-8-13)22(19(25)18(16)24)11-12-3-5-14(20)6-4-12/h3-10,17,24H,2,11H2,1H3. The van der Waals surface area contributed by atoms with Crippen molar-refractivity contribution in [3.8, 4) is 0 Å². The van der Waals surface area contributed by atoms with Gasteiger partial charge in [-0.25, -0.2) is 4.39 Å². The fourth-order valence-corrected chi connectivity index (χ4v) is 2.97. The van der Waals surface area contributed by atoms with Crippen molar-refractivity contribution >= 4 is 11.7 Å². The maximum Gasteiger partial charge on any atom is 0.290 e. The summed E-state index contributed by atoms with van der Waals surface area (Å²) in [7, 11) is 0. The Morgan fingerprint density at radius 2 is 1.84 bits per heavy atom. The molecule has 1 aromatic carbocycles. The normalized spacial score (nSPS) is 17.3. The summed E-state index contributed by atoms with van der Waals surface area (Å²) in [5.74, 6) is -1.78. The van der Waals surface area contributed by atoms with E-state index in [0.717, 1.165) is 0 Å². The summed E-state index contributed by atoms with van der Waals surface area (Å²) in [5, 5.41) is 10.3. The summed E-state index contributed by atoms with van der Waals surface area (Å²) < 4.78 is 13.1. The van der Waals surface area contributed by atoms with Crippen LogP contribution >= 0.6 is 0 Å². The first-order valence-electron chi connectivity index (χ1n) is 7.94. The zero-order valence-electron chi connectivity index (χ0n) is 13.6. The van der Waals surface area contributed by atoms with Crippen molar-refractivity contribution in [3.05, 3.63) is 77.1 Å². The van der Waals surface area contributed by atoms with E-state index in [9.17, 15) is 19.1 Å². The summed E-state index contributed by atoms with van der Waals surface area (Å²) in [6.07, 6.45) is 3.32. The van der Waals surface area contributed by atoms with Gasteiger partial charge >= 0.3 is 0 Å². The number of nitrogens with zero attached hydrogens (tertiary/aromatic N) is 2. The third-order valence-electron chi connectivity index (χ3n) is 4.21. The van der Waals surface area contributed by atoms with Crippen LogP contribution in [0.15, 0.2) is 60.1 Å². The fourth-order valence-electron chi connectivity index (χ4n) is 2.97. The number of Topliss-reactive ketones (excluding diaryl/α,β-unsaturated/α-hetero) is 1. The van der Waals surface area contributed by atoms with Crippen molar-refractivity contribution < 1.29 is 19.1 Å². The molecule has 0 fully saturated rings. The van der Waals surface area contributed by atoms with Gasteiger partial charge in [-0.05, 0) is 35.4 Å². The molecule has 1 unspecified atom stereocenters. The second kappa shape index (κ2) is 6.84. The third-order valence-corrected chi connectivity index (χ3v) is 4.21. The van der Waals surface area contributed by atoms with E-state index >= 15 is 0 Å². The Hall–Kier alpha value is -3.02. The third kappa shape index (κ3) is 3.15. The van der Waals surface area contributed by atoms with Gasteiger partial charge in [-0.3, -0.25) is 14.6 Å². The number of hydrogen-bond acceptors (Lipinski definition) is 4. The van der Waals surface area contributed by atoms with Gasteiger partial charge in [0.1, 0.15) is 5.82 Å². The predicted molar refractivity (Wildman–Crippen MR) is 88.9 cm³/mol. The summed E-state index contributed by atoms with van der Waals surface area (Å²) in [4.78, 5) is 30.3. The van der Waals surface area contributed by atoms with E-state index in [-0.39, 0.29) is 30.1 Å². The summed E-state index contributed by atoms with van der Waals surface area (Å²) in [5.41, 5.74) is 1.49. The van der Waals surface area contributed by atoms with Gasteiger partial charge in [0, 0.05) is 25.4 Å². The first-order valence-corrected chi connectivity index (χ1v) is 7.94. The van der Waals surface area contributed by atoms with Crippen LogP contribution in [0, 0.1) is 5.82 Å². The summed E-state index contributed by atoms with van der Waals surface area (Å²) in [6.45, 7) is 1.83. The van der Waals surface area contributed by atoms with Gasteiger partial charge < -0.3 is 10.0 Å². The lowest BCUT2D eigenvalue weighted by Gasteiger charge is -2.26. The van der Waals surface area contributed by atoms with Gasteiger partial charge in [0.25, 0.3) is 5.91 Å². The molecule has 0 aliphatic carbocycles. The van der Waals surface area contributed by atoms with Gasteiger partial charge in [-0.1, -0.05) is 19.1 Å². The molecule has 0 bridgehead atoms. The molecule has 1 amide bonds. The van der Waals surface area contributed by atoms with Crippen LogP contribution in [0.4, 0.5) is 4.39 Å². The number of hydrogen-bond donors (Lipinski definition) is 1. The van der Waals surface area contributed by atoms with Crippen LogP contribution in [-0.4, -0.2) is 26.7 Å². The van der Waals surface area contributed by atoms with Crippen LogP contribution in [0.3, 0.4) is 0 Å². The molecule has 0 spiro atoms. The van der Waals surface area contributed by atoms with Gasteiger partial charge in [0.15, 0.2) is 11.5 Å². The van der Waals surface area contributed by atoms with Crippen LogP contribution in [-0.2, 0) is 16.1 Å². The highest BCUT2D eigenvalue weighted by Gasteiger charge is 2.42. The Kier molecular flexibility index (Phi) is 4.61. The Balaban J connectivity index is 2.02. The molecule has 1 N–H and O–H groups in total. The zero-order valence-corrected chi connectivity index (χ0v) is 13.6. The van der Waals surface area contributed by atoms with Crippen LogP contribution in [0.2, 0.25) is 0 Å². The molecule has 6 heteroatoms. The first-order chi connectivity index (χ1) is 12.0. The minimum absolute atomic E-state index is 0.0980. The molecule has 1 aromatic heterocycles. The maximum atomic E-state index is 13.1. The monoisotopic (exact) mass is 340 g/mol. The highest BCUT2D eigenvalue weighted by molar-refractivity contribution is 6.08. The van der Waals surface area contributed by atoms with E-state index < -0.39 is 17.7 Å². The van der Waals surface area contributed by atoms with E-state index in [4.69, 9.17) is 0 Å². The van der Waals surface area contributed by atoms with Crippen LogP contribution in [0.1, 0.15) is 30.5 Å². The average Bonchev–Trinajstić information content (AvgIpc) is 2.88. The smallest absolute Gasteiger partial charge is 0.290 e. The van der Waals surface area contributed by atoms with Gasteiger partial charge in [0.05, 0.1) is 11.6 Å². The number of aromatic nitrogens is 1. The molecule has 3 rings (SSSR count). The quantitative estimate of drug-likeness (QED) is 0.908. The van der Waals surface area contributed by atoms with Gasteiger partial charge in [-0.15, -0.1) is 0 Å². The van der Waals surface area contributed by atoms with Crippen molar-refractivity contribution in [1.29, 1.82) is 0 Å². The highest BCUT2D eigenvalue weighted by Crippen LogP contribution is 2.38. The number of carbonyl (C=O) groups is 2. The Labute approximate surface area is 144 Å². The molecular weight excluding hydrogens is 323 g/mol. The van der Waals surface area contributed by atoms with Crippen molar-refractivity contribution in [2.24, 2.45) is 0 Å². The minimum Gasteiger partial charge on any atom is -0.503 e. The minimum atomic E-state index is -0.687. The van der Waals surface area contributed by atoms with Crippen LogP contribution in [0.25, 0.3) is 0 Å². The number of aliphatic hydroxyl groups is 1. The van der Waals surface area contributed by atoms with Gasteiger partial charge in [-0.2, -0.15) is 0 Å². The van der Waals surface area contributed by atoms with E-state index in [2.05, 4.69) is 4.98 Å². The number of pyridine rings is 1. The van der Waals surface area contributed by atoms with Crippen LogP contribution in [0.5, 0.6) is 0 Å². The Bertz CT molecular complexity index is 832. The van der Waals surface area contributed by atoms with Crippen molar-refractivity contribution in [2.45, 2.75) is 25.9 Å². The first kappa shape index (κ1) is 16.8. The number of rotatable bonds is 5. The number of halogens is 1. The molecule has 5 nitrogen and oxygen atoms in total. The average molecular weight is 340 g/mol. The molecule has 0 saturated heterocycles. The van der Waals surface area contributed by atoms with E-state index in [1.165, 1.54) is 17.0 Å². The molecule has 1 aliphatic rings. The number of aliphatic hydroxyl groups excluding tert-OH is 1. The molecule has 1 aliphatic heterocycles. The van der Waals surface area contributed by atoms with Crippen molar-refractivity contribution in [2.75, 3.05) is 0 Å². The number of carbonyl (C=O) groups excluding carboxylic acids is 2. The van der Waals surface area contributed by atoms with E-state index in [1.807, 2.05) is 0 Å². The largest absolute Gasteiger partial charge is 0.503 e. The molecular formula is C19H17FN2O3. The maximum absolute atomic E-state index is 13.1. The number of ketones is 1. The lowest BCUT2D eigenvalue weighted by molar-refractivity contribution is -0.130. The molecule has 1 atom stereocenters. The Morgan fingerprint density at radius 3 is 2.44 bits per heavy atom. The van der Waals surface area contributed by atoms with Crippen molar-refractivity contribution in [1.82, 2.24) is 9.88 Å². The molecule has 25 heavy (non-hydrogen) atoms. The SMILES string of the molecule is CCC(=O)C1=C(O)C(=O)N(Cc2ccc(F)cc2)C1c1ccncc1. The highest BCUT2D eigenvalue weighted by atomic mass is 19.1. The van der Waals surface area contributed by atoms with Crippen LogP contribution < -0.4 is 0 Å². The summed E-state index contributed by atoms with van der Waals surface area (Å²) >= 11 is 0. The number of benzene rings is 1. The van der Waals surface area contributed by atoms with E-state index in [1.54, 1.807) is 43.6 Å². The second-order valence-corrected chi connectivity index (χ2v) is 5.78. The molecule has 2 heterocycles. The summed E-state index contributed by atoms with van der Waals surface area (Å²) in [6, 6.07) is 8.49. The van der Waals surface area contributed by atoms with Crippen molar-refractivity contribution in [3.63, 3.8) is 0 Å². The molecule has 128 valence electrons. The van der Waals surface area contributed by atoms with Gasteiger partial charge in [0.2, 0.25) is 0 Å². The second-order valence-electron chi connectivity index (χ2n) is 5.78. The van der Waals surface area contributed by atoms with E-state index in [0.29, 0.717) is 11.1 Å². The molecule has 2 aromatic rings. The lowest BCUT2D eigenvalue weighted by Crippen LogP contribution is -2.30. The number of amides is 1. The fraction of sp³-hybridized carbons (Fsp3) is 0.211. The molecule has 0 saturated carbocycles. The predicted octanol–water partition coefficient (Wildman–Crippen LogP) is 3.10. The lowest BCUT2D eigenvalue weighted by atomic mass is 9.95. The zero-order chi connectivity index (χ0) is 18.0. The Morgan fingerprint density at radius 1 is 1.20 bits per heavy atom. The molecule has 0 radical (unpaired) electrons.